The molecule has 0 saturated heterocycles. The van der Waals surface area contributed by atoms with Crippen LogP contribution in [0, 0.1) is 0 Å². The number of aromatic nitrogens is 4. The van der Waals surface area contributed by atoms with Crippen LogP contribution in [0.1, 0.15) is 0 Å². The van der Waals surface area contributed by atoms with E-state index in [4.69, 9.17) is 0 Å². The lowest BCUT2D eigenvalue weighted by Crippen LogP contribution is -2.05. The molecule has 0 radical (unpaired) electrons. The first-order chi connectivity index (χ1) is 13.4. The summed E-state index contributed by atoms with van der Waals surface area (Å²) in [6.07, 6.45) is 7.03. The van der Waals surface area contributed by atoms with Gasteiger partial charge in [0, 0.05) is 24.8 Å². The van der Waals surface area contributed by atoms with Crippen LogP contribution in [0.3, 0.4) is 0 Å². The van der Waals surface area contributed by atoms with Gasteiger partial charge in [-0.05, 0) is 24.3 Å². The van der Waals surface area contributed by atoms with Crippen LogP contribution >= 0.6 is 0 Å². The van der Waals surface area contributed by atoms with Gasteiger partial charge in [-0.25, -0.2) is 9.97 Å². The quantitative estimate of drug-likeness (QED) is 0.432. The minimum atomic E-state index is 0.451. The highest BCUT2D eigenvalue weighted by Gasteiger charge is 2.06. The Morgan fingerprint density at radius 1 is 0.593 bits per heavy atom. The fourth-order valence-electron chi connectivity index (χ4n) is 2.39. The largest absolute Gasteiger partial charge is 0.296 e. The predicted molar refractivity (Wildman–Crippen MR) is 101 cm³/mol. The van der Waals surface area contributed by atoms with E-state index in [0.29, 0.717) is 18.6 Å². The van der Waals surface area contributed by atoms with Gasteiger partial charge in [0.2, 0.25) is 0 Å². The van der Waals surface area contributed by atoms with Crippen molar-refractivity contribution in [2.24, 2.45) is 20.5 Å². The third-order valence-corrected chi connectivity index (χ3v) is 3.71. The number of benzene rings is 2. The van der Waals surface area contributed by atoms with Crippen LogP contribution in [-0.4, -0.2) is 19.1 Å². The molecule has 0 aliphatic carbocycles. The average molecular weight is 356 g/mol. The molecule has 0 amide bonds. The highest BCUT2D eigenvalue weighted by atomic mass is 15.3. The number of nitrogens with zero attached hydrogens (tertiary/aromatic N) is 8. The number of azo groups is 2. The van der Waals surface area contributed by atoms with E-state index < -0.39 is 0 Å². The van der Waals surface area contributed by atoms with Crippen LogP contribution in [0.25, 0.3) is 0 Å². The van der Waals surface area contributed by atoms with Crippen molar-refractivity contribution in [3.63, 3.8) is 0 Å². The summed E-state index contributed by atoms with van der Waals surface area (Å²) < 4.78 is 3.71. The van der Waals surface area contributed by atoms with Crippen LogP contribution in [0.4, 0.5) is 23.3 Å². The van der Waals surface area contributed by atoms with Gasteiger partial charge in [0.05, 0.1) is 11.4 Å². The van der Waals surface area contributed by atoms with Crippen LogP contribution < -0.4 is 0 Å². The monoisotopic (exact) mass is 356 g/mol. The summed E-state index contributed by atoms with van der Waals surface area (Å²) in [4.78, 5) is 8.50. The van der Waals surface area contributed by atoms with E-state index in [0.717, 1.165) is 11.4 Å². The lowest BCUT2D eigenvalue weighted by Gasteiger charge is -2.06. The molecule has 0 saturated carbocycles. The SMILES string of the molecule is c1ccc(N=Nc2nccn2Cn2ccnc2N=Nc2ccccc2)cc1. The molecule has 0 unspecified atom stereocenters. The Morgan fingerprint density at radius 3 is 1.48 bits per heavy atom. The summed E-state index contributed by atoms with van der Waals surface area (Å²) >= 11 is 0. The second-order valence-electron chi connectivity index (χ2n) is 5.61. The van der Waals surface area contributed by atoms with Gasteiger partial charge in [0.1, 0.15) is 6.67 Å². The fraction of sp³-hybridized carbons (Fsp3) is 0.0526. The Hall–Kier alpha value is -3.94. The summed E-state index contributed by atoms with van der Waals surface area (Å²) in [6.45, 7) is 0.451. The second kappa shape index (κ2) is 7.96. The van der Waals surface area contributed by atoms with Crippen molar-refractivity contribution in [1.82, 2.24) is 19.1 Å². The maximum absolute atomic E-state index is 4.25. The Bertz CT molecular complexity index is 962. The number of hydrogen-bond donors (Lipinski definition) is 0. The molecule has 132 valence electrons. The molecule has 8 heteroatoms. The zero-order valence-electron chi connectivity index (χ0n) is 14.4. The van der Waals surface area contributed by atoms with Crippen molar-refractivity contribution in [1.29, 1.82) is 0 Å². The molecule has 0 fully saturated rings. The molecule has 0 aliphatic heterocycles. The molecule has 2 aromatic carbocycles. The van der Waals surface area contributed by atoms with Crippen LogP contribution in [-0.2, 0) is 6.67 Å². The van der Waals surface area contributed by atoms with E-state index in [1.807, 2.05) is 82.2 Å². The molecule has 27 heavy (non-hydrogen) atoms. The van der Waals surface area contributed by atoms with E-state index in [1.54, 1.807) is 12.4 Å². The van der Waals surface area contributed by atoms with Gasteiger partial charge in [-0.1, -0.05) is 36.4 Å². The molecule has 2 heterocycles. The minimum Gasteiger partial charge on any atom is -0.296 e. The maximum Gasteiger partial charge on any atom is 0.250 e. The fourth-order valence-corrected chi connectivity index (χ4v) is 2.39. The molecule has 0 spiro atoms. The molecule has 0 bridgehead atoms. The van der Waals surface area contributed by atoms with E-state index in [-0.39, 0.29) is 0 Å². The summed E-state index contributed by atoms with van der Waals surface area (Å²) in [5.74, 6) is 0.997. The zero-order chi connectivity index (χ0) is 18.3. The van der Waals surface area contributed by atoms with Crippen molar-refractivity contribution in [2.75, 3.05) is 0 Å². The standard InChI is InChI=1S/C19H16N8/c1-3-7-16(8-4-1)22-24-18-20-11-13-26(18)15-27-14-12-21-19(27)25-23-17-9-5-2-6-10-17/h1-14H,15H2. The molecule has 0 aliphatic rings. The van der Waals surface area contributed by atoms with E-state index in [2.05, 4.69) is 30.4 Å². The molecule has 4 rings (SSSR count). The Balaban J connectivity index is 1.51. The van der Waals surface area contributed by atoms with Crippen molar-refractivity contribution in [3.8, 4) is 0 Å². The minimum absolute atomic E-state index is 0.451. The van der Waals surface area contributed by atoms with Gasteiger partial charge in [0.25, 0.3) is 11.9 Å². The first kappa shape index (κ1) is 16.5. The van der Waals surface area contributed by atoms with Gasteiger partial charge >= 0.3 is 0 Å². The molecule has 8 nitrogen and oxygen atoms in total. The molecular weight excluding hydrogens is 340 g/mol. The van der Waals surface area contributed by atoms with Crippen LogP contribution in [0.2, 0.25) is 0 Å². The average Bonchev–Trinajstić information content (AvgIpc) is 3.36. The van der Waals surface area contributed by atoms with Crippen molar-refractivity contribution < 1.29 is 0 Å². The van der Waals surface area contributed by atoms with Gasteiger partial charge in [-0.15, -0.1) is 20.5 Å². The molecular formula is C19H16N8. The molecule has 4 aromatic rings. The second-order valence-corrected chi connectivity index (χ2v) is 5.61. The van der Waals surface area contributed by atoms with Crippen molar-refractivity contribution >= 4 is 23.3 Å². The van der Waals surface area contributed by atoms with Gasteiger partial charge < -0.3 is 0 Å². The van der Waals surface area contributed by atoms with E-state index in [9.17, 15) is 0 Å². The number of imidazole rings is 2. The third kappa shape index (κ3) is 4.18. The number of rotatable bonds is 6. The normalized spacial score (nSPS) is 11.6. The summed E-state index contributed by atoms with van der Waals surface area (Å²) in [5, 5.41) is 16.9. The first-order valence-corrected chi connectivity index (χ1v) is 8.34. The summed E-state index contributed by atoms with van der Waals surface area (Å²) in [5.41, 5.74) is 1.54. The van der Waals surface area contributed by atoms with Crippen LogP contribution in [0.5, 0.6) is 0 Å². The molecule has 0 atom stereocenters. The Kier molecular flexibility index (Phi) is 4.87. The first-order valence-electron chi connectivity index (χ1n) is 8.34. The highest BCUT2D eigenvalue weighted by molar-refractivity contribution is 5.36. The van der Waals surface area contributed by atoms with E-state index >= 15 is 0 Å². The van der Waals surface area contributed by atoms with Gasteiger partial charge in [-0.3, -0.25) is 9.13 Å². The zero-order valence-corrected chi connectivity index (χ0v) is 14.4. The van der Waals surface area contributed by atoms with E-state index in [1.165, 1.54) is 0 Å². The van der Waals surface area contributed by atoms with Crippen molar-refractivity contribution in [2.45, 2.75) is 6.67 Å². The lowest BCUT2D eigenvalue weighted by atomic mass is 10.3. The Labute approximate surface area is 155 Å². The number of hydrogen-bond acceptors (Lipinski definition) is 6. The lowest BCUT2D eigenvalue weighted by molar-refractivity contribution is 0.609. The van der Waals surface area contributed by atoms with Crippen LogP contribution in [0.15, 0.2) is 106 Å². The van der Waals surface area contributed by atoms with Gasteiger partial charge in [0.15, 0.2) is 0 Å². The summed E-state index contributed by atoms with van der Waals surface area (Å²) in [7, 11) is 0. The van der Waals surface area contributed by atoms with Crippen molar-refractivity contribution in [3.05, 3.63) is 85.5 Å². The maximum atomic E-state index is 4.25. The third-order valence-electron chi connectivity index (χ3n) is 3.71. The van der Waals surface area contributed by atoms with Gasteiger partial charge in [-0.2, -0.15) is 0 Å². The smallest absolute Gasteiger partial charge is 0.250 e. The summed E-state index contributed by atoms with van der Waals surface area (Å²) in [6, 6.07) is 19.1. The molecule has 2 aromatic heterocycles. The topological polar surface area (TPSA) is 85.1 Å². The predicted octanol–water partition coefficient (Wildman–Crippen LogP) is 5.42. The highest BCUT2D eigenvalue weighted by Crippen LogP contribution is 2.19. The Morgan fingerprint density at radius 2 is 1.04 bits per heavy atom. The molecule has 0 N–H and O–H groups in total.